The Bertz CT molecular complexity index is 1280. The van der Waals surface area contributed by atoms with Gasteiger partial charge in [0.05, 0.1) is 35.0 Å². The Morgan fingerprint density at radius 3 is 2.41 bits per heavy atom. The van der Waals surface area contributed by atoms with Crippen molar-refractivity contribution >= 4 is 16.9 Å². The van der Waals surface area contributed by atoms with Crippen LogP contribution < -0.4 is 5.56 Å². The van der Waals surface area contributed by atoms with E-state index in [0.717, 1.165) is 0 Å². The zero-order valence-electron chi connectivity index (χ0n) is 15.7. The number of carbonyl (C=O) groups excluding carboxylic acids is 1. The number of rotatable bonds is 3. The number of ether oxygens (including phenoxy) is 1. The van der Waals surface area contributed by atoms with E-state index in [1.165, 1.54) is 35.9 Å². The standard InChI is InChI=1S/C22H16FN3O3/c1-13-18(22(28)29-2)19(14-3-5-15(23)6-4-14)20-17(25-13)9-12-26(21(20)27)16-7-10-24-11-8-16/h3-12H,1-2H3. The second-order valence-electron chi connectivity index (χ2n) is 6.40. The molecule has 29 heavy (non-hydrogen) atoms. The maximum Gasteiger partial charge on any atom is 0.340 e. The molecule has 0 aliphatic rings. The van der Waals surface area contributed by atoms with Crippen molar-refractivity contribution < 1.29 is 13.9 Å². The van der Waals surface area contributed by atoms with Crippen molar-refractivity contribution in [2.24, 2.45) is 0 Å². The number of halogens is 1. The second-order valence-corrected chi connectivity index (χ2v) is 6.40. The van der Waals surface area contributed by atoms with Gasteiger partial charge >= 0.3 is 5.97 Å². The van der Waals surface area contributed by atoms with E-state index in [1.54, 1.807) is 43.7 Å². The van der Waals surface area contributed by atoms with Gasteiger partial charge in [-0.3, -0.25) is 19.3 Å². The van der Waals surface area contributed by atoms with Crippen LogP contribution in [0.15, 0.2) is 65.8 Å². The fraction of sp³-hybridized carbons (Fsp3) is 0.0909. The summed E-state index contributed by atoms with van der Waals surface area (Å²) in [6.45, 7) is 1.67. The van der Waals surface area contributed by atoms with Gasteiger partial charge in [0, 0.05) is 24.2 Å². The first-order chi connectivity index (χ1) is 14.0. The number of methoxy groups -OCH3 is 1. The van der Waals surface area contributed by atoms with Gasteiger partial charge in [0.25, 0.3) is 5.56 Å². The molecule has 4 aromatic rings. The first kappa shape index (κ1) is 18.5. The summed E-state index contributed by atoms with van der Waals surface area (Å²) in [7, 11) is 1.26. The minimum atomic E-state index is -0.616. The van der Waals surface area contributed by atoms with Gasteiger partial charge in [-0.1, -0.05) is 12.1 Å². The van der Waals surface area contributed by atoms with Crippen molar-refractivity contribution in [1.29, 1.82) is 0 Å². The molecular formula is C22H16FN3O3. The van der Waals surface area contributed by atoms with Gasteiger partial charge in [-0.05, 0) is 42.8 Å². The molecule has 4 rings (SSSR count). The Kier molecular flexibility index (Phi) is 4.64. The zero-order valence-corrected chi connectivity index (χ0v) is 15.7. The molecular weight excluding hydrogens is 373 g/mol. The molecule has 0 spiro atoms. The fourth-order valence-electron chi connectivity index (χ4n) is 3.36. The highest BCUT2D eigenvalue weighted by Crippen LogP contribution is 2.32. The van der Waals surface area contributed by atoms with Crippen LogP contribution in [0.5, 0.6) is 0 Å². The van der Waals surface area contributed by atoms with Crippen LogP contribution in [0.1, 0.15) is 16.1 Å². The number of pyridine rings is 3. The van der Waals surface area contributed by atoms with Crippen molar-refractivity contribution in [3.05, 3.63) is 88.5 Å². The van der Waals surface area contributed by atoms with Crippen LogP contribution in [-0.2, 0) is 4.74 Å². The van der Waals surface area contributed by atoms with Gasteiger partial charge in [0.2, 0.25) is 0 Å². The van der Waals surface area contributed by atoms with Gasteiger partial charge < -0.3 is 4.74 Å². The molecule has 0 atom stereocenters. The molecule has 144 valence electrons. The molecule has 0 N–H and O–H groups in total. The van der Waals surface area contributed by atoms with Crippen LogP contribution in [0.25, 0.3) is 27.7 Å². The Hall–Kier alpha value is -3.87. The molecule has 3 heterocycles. The Morgan fingerprint density at radius 2 is 1.76 bits per heavy atom. The van der Waals surface area contributed by atoms with Crippen LogP contribution in [0.2, 0.25) is 0 Å². The quantitative estimate of drug-likeness (QED) is 0.500. The number of aryl methyl sites for hydroxylation is 1. The van der Waals surface area contributed by atoms with E-state index in [2.05, 4.69) is 9.97 Å². The predicted molar refractivity (Wildman–Crippen MR) is 107 cm³/mol. The van der Waals surface area contributed by atoms with Crippen LogP contribution in [0.4, 0.5) is 4.39 Å². The lowest BCUT2D eigenvalue weighted by Crippen LogP contribution is -2.20. The average molecular weight is 389 g/mol. The Morgan fingerprint density at radius 1 is 1.07 bits per heavy atom. The summed E-state index contributed by atoms with van der Waals surface area (Å²) in [6.07, 6.45) is 4.79. The summed E-state index contributed by atoms with van der Waals surface area (Å²) < 4.78 is 19.9. The van der Waals surface area contributed by atoms with E-state index >= 15 is 0 Å². The van der Waals surface area contributed by atoms with E-state index in [4.69, 9.17) is 4.74 Å². The normalized spacial score (nSPS) is 10.9. The Labute approximate surface area is 165 Å². The number of fused-ring (bicyclic) bond motifs is 1. The number of aromatic nitrogens is 3. The SMILES string of the molecule is COC(=O)c1c(C)nc2ccn(-c3ccncc3)c(=O)c2c1-c1ccc(F)cc1. The molecule has 0 aliphatic carbocycles. The molecule has 7 heteroatoms. The predicted octanol–water partition coefficient (Wildman–Crippen LogP) is 3.68. The lowest BCUT2D eigenvalue weighted by molar-refractivity contribution is 0.0600. The monoisotopic (exact) mass is 389 g/mol. The van der Waals surface area contributed by atoms with Gasteiger partial charge in [0.1, 0.15) is 5.82 Å². The first-order valence-corrected chi connectivity index (χ1v) is 8.82. The van der Waals surface area contributed by atoms with Gasteiger partial charge in [-0.15, -0.1) is 0 Å². The van der Waals surface area contributed by atoms with Crippen LogP contribution in [0.3, 0.4) is 0 Å². The van der Waals surface area contributed by atoms with E-state index in [-0.39, 0.29) is 16.5 Å². The van der Waals surface area contributed by atoms with Crippen molar-refractivity contribution in [2.45, 2.75) is 6.92 Å². The van der Waals surface area contributed by atoms with Gasteiger partial charge in [-0.25, -0.2) is 9.18 Å². The summed E-state index contributed by atoms with van der Waals surface area (Å²) in [6, 6.07) is 10.7. The molecule has 0 bridgehead atoms. The topological polar surface area (TPSA) is 74.1 Å². The Balaban J connectivity index is 2.16. The third kappa shape index (κ3) is 3.16. The molecule has 0 saturated carbocycles. The summed E-state index contributed by atoms with van der Waals surface area (Å²) in [5.74, 6) is -1.03. The van der Waals surface area contributed by atoms with Crippen molar-refractivity contribution in [2.75, 3.05) is 7.11 Å². The minimum Gasteiger partial charge on any atom is -0.465 e. The third-order valence-electron chi connectivity index (χ3n) is 4.68. The molecule has 0 unspecified atom stereocenters. The first-order valence-electron chi connectivity index (χ1n) is 8.82. The molecule has 0 amide bonds. The highest BCUT2D eigenvalue weighted by Gasteiger charge is 2.23. The number of hydrogen-bond acceptors (Lipinski definition) is 5. The molecule has 0 fully saturated rings. The number of carbonyl (C=O) groups is 1. The molecule has 0 saturated heterocycles. The van der Waals surface area contributed by atoms with E-state index in [0.29, 0.717) is 28.0 Å². The lowest BCUT2D eigenvalue weighted by Gasteiger charge is -2.15. The van der Waals surface area contributed by atoms with E-state index in [1.807, 2.05) is 0 Å². The number of esters is 1. The average Bonchev–Trinajstić information content (AvgIpc) is 2.74. The largest absolute Gasteiger partial charge is 0.465 e. The fourth-order valence-corrected chi connectivity index (χ4v) is 3.36. The van der Waals surface area contributed by atoms with E-state index in [9.17, 15) is 14.0 Å². The van der Waals surface area contributed by atoms with Crippen LogP contribution in [0, 0.1) is 12.7 Å². The maximum atomic E-state index is 13.5. The molecule has 3 aromatic heterocycles. The number of hydrogen-bond donors (Lipinski definition) is 0. The minimum absolute atomic E-state index is 0.177. The highest BCUT2D eigenvalue weighted by atomic mass is 19.1. The van der Waals surface area contributed by atoms with Crippen molar-refractivity contribution in [3.63, 3.8) is 0 Å². The summed E-state index contributed by atoms with van der Waals surface area (Å²) >= 11 is 0. The molecule has 0 radical (unpaired) electrons. The summed E-state index contributed by atoms with van der Waals surface area (Å²) in [5, 5.41) is 0.252. The molecule has 1 aromatic carbocycles. The van der Waals surface area contributed by atoms with Crippen molar-refractivity contribution in [3.8, 4) is 16.8 Å². The van der Waals surface area contributed by atoms with Gasteiger partial charge in [-0.2, -0.15) is 0 Å². The smallest absolute Gasteiger partial charge is 0.340 e. The van der Waals surface area contributed by atoms with Crippen LogP contribution >= 0.6 is 0 Å². The highest BCUT2D eigenvalue weighted by molar-refractivity contribution is 6.07. The third-order valence-corrected chi connectivity index (χ3v) is 4.68. The van der Waals surface area contributed by atoms with Gasteiger partial charge in [0.15, 0.2) is 0 Å². The van der Waals surface area contributed by atoms with E-state index < -0.39 is 11.8 Å². The number of benzene rings is 1. The van der Waals surface area contributed by atoms with Crippen LogP contribution in [-0.4, -0.2) is 27.6 Å². The lowest BCUT2D eigenvalue weighted by atomic mass is 9.95. The summed E-state index contributed by atoms with van der Waals surface area (Å²) in [5.41, 5.74) is 2.19. The molecule has 6 nitrogen and oxygen atoms in total. The maximum absolute atomic E-state index is 13.5. The summed E-state index contributed by atoms with van der Waals surface area (Å²) in [4.78, 5) is 34.4. The number of nitrogens with zero attached hydrogens (tertiary/aromatic N) is 3. The zero-order chi connectivity index (χ0) is 20.5. The molecule has 0 aliphatic heterocycles. The van der Waals surface area contributed by atoms with Crippen molar-refractivity contribution in [1.82, 2.24) is 14.5 Å². The second kappa shape index (κ2) is 7.27.